The average molecular weight is 186 g/mol. The van der Waals surface area contributed by atoms with Crippen molar-refractivity contribution < 1.29 is 14.3 Å². The van der Waals surface area contributed by atoms with Crippen molar-refractivity contribution in [2.75, 3.05) is 6.61 Å². The highest BCUT2D eigenvalue weighted by Gasteiger charge is 2.25. The van der Waals surface area contributed by atoms with Gasteiger partial charge in [0.05, 0.1) is 0 Å². The number of rotatable bonds is 4. The first-order valence-electron chi connectivity index (χ1n) is 4.32. The van der Waals surface area contributed by atoms with E-state index in [1.165, 1.54) is 0 Å². The fourth-order valence-corrected chi connectivity index (χ4v) is 0.502. The topological polar surface area (TPSA) is 43.4 Å². The molecule has 3 heteroatoms. The Balaban J connectivity index is 4.05. The second-order valence-electron chi connectivity index (χ2n) is 4.68. The number of ether oxygens (including phenoxy) is 1. The van der Waals surface area contributed by atoms with Gasteiger partial charge in [-0.2, -0.15) is 0 Å². The molecule has 0 amide bonds. The van der Waals surface area contributed by atoms with Gasteiger partial charge in [0.25, 0.3) is 0 Å². The lowest BCUT2D eigenvalue weighted by molar-refractivity contribution is -0.141. The van der Waals surface area contributed by atoms with E-state index in [9.17, 15) is 9.59 Å². The standard InChI is InChI=1S/C10H18O3/c1-9(2,3)8(12)6-13-10(4,5)7-11/h7H,6H2,1-5H3. The zero-order valence-corrected chi connectivity index (χ0v) is 9.01. The van der Waals surface area contributed by atoms with Crippen molar-refractivity contribution >= 4 is 12.1 Å². The molecule has 0 rings (SSSR count). The second-order valence-corrected chi connectivity index (χ2v) is 4.68. The molecule has 0 aliphatic carbocycles. The van der Waals surface area contributed by atoms with Crippen LogP contribution in [-0.4, -0.2) is 24.3 Å². The molecule has 0 unspecified atom stereocenters. The molecule has 0 spiro atoms. The molecule has 0 saturated carbocycles. The van der Waals surface area contributed by atoms with Crippen LogP contribution >= 0.6 is 0 Å². The second kappa shape index (κ2) is 4.01. The van der Waals surface area contributed by atoms with Crippen LogP contribution in [0.4, 0.5) is 0 Å². The van der Waals surface area contributed by atoms with E-state index in [1.54, 1.807) is 13.8 Å². The number of aldehydes is 1. The van der Waals surface area contributed by atoms with Gasteiger partial charge in [-0.25, -0.2) is 0 Å². The Bertz CT molecular complexity index is 199. The Labute approximate surface area is 79.5 Å². The molecule has 13 heavy (non-hydrogen) atoms. The molecule has 0 aromatic carbocycles. The summed E-state index contributed by atoms with van der Waals surface area (Å²) < 4.78 is 5.15. The minimum absolute atomic E-state index is 0.00225. The van der Waals surface area contributed by atoms with Gasteiger partial charge in [0.2, 0.25) is 0 Å². The quantitative estimate of drug-likeness (QED) is 0.626. The number of hydrogen-bond acceptors (Lipinski definition) is 3. The van der Waals surface area contributed by atoms with Crippen LogP contribution < -0.4 is 0 Å². The van der Waals surface area contributed by atoms with Crippen molar-refractivity contribution in [1.82, 2.24) is 0 Å². The molecule has 0 bridgehead atoms. The minimum atomic E-state index is -0.860. The summed E-state index contributed by atoms with van der Waals surface area (Å²) in [5.74, 6) is 0.00225. The summed E-state index contributed by atoms with van der Waals surface area (Å²) in [4.78, 5) is 21.8. The summed E-state index contributed by atoms with van der Waals surface area (Å²) in [5, 5.41) is 0. The fraction of sp³-hybridized carbons (Fsp3) is 0.800. The largest absolute Gasteiger partial charge is 0.360 e. The summed E-state index contributed by atoms with van der Waals surface area (Å²) in [6, 6.07) is 0. The monoisotopic (exact) mass is 186 g/mol. The Morgan fingerprint density at radius 3 is 2.00 bits per heavy atom. The lowest BCUT2D eigenvalue weighted by Crippen LogP contribution is -2.33. The maximum absolute atomic E-state index is 11.4. The van der Waals surface area contributed by atoms with Gasteiger partial charge >= 0.3 is 0 Å². The van der Waals surface area contributed by atoms with Crippen LogP contribution in [0.15, 0.2) is 0 Å². The molecule has 0 atom stereocenters. The average Bonchev–Trinajstić information content (AvgIpc) is 1.98. The van der Waals surface area contributed by atoms with Crippen LogP contribution in [0, 0.1) is 5.41 Å². The van der Waals surface area contributed by atoms with E-state index in [2.05, 4.69) is 0 Å². The molecule has 0 radical (unpaired) electrons. The van der Waals surface area contributed by atoms with Gasteiger partial charge in [-0.3, -0.25) is 4.79 Å². The van der Waals surface area contributed by atoms with Crippen molar-refractivity contribution in [2.45, 2.75) is 40.2 Å². The summed E-state index contributed by atoms with van der Waals surface area (Å²) in [6.07, 6.45) is 0.697. The maximum atomic E-state index is 11.4. The zero-order valence-electron chi connectivity index (χ0n) is 9.01. The smallest absolute Gasteiger partial charge is 0.163 e. The van der Waals surface area contributed by atoms with Crippen LogP contribution in [0.5, 0.6) is 0 Å². The minimum Gasteiger partial charge on any atom is -0.360 e. The Morgan fingerprint density at radius 2 is 1.69 bits per heavy atom. The van der Waals surface area contributed by atoms with Gasteiger partial charge in [-0.1, -0.05) is 20.8 Å². The van der Waals surface area contributed by atoms with E-state index < -0.39 is 11.0 Å². The zero-order chi connectivity index (χ0) is 10.7. The van der Waals surface area contributed by atoms with Gasteiger partial charge in [-0.05, 0) is 13.8 Å². The lowest BCUT2D eigenvalue weighted by atomic mass is 9.91. The molecule has 0 fully saturated rings. The molecule has 0 N–H and O–H groups in total. The lowest BCUT2D eigenvalue weighted by Gasteiger charge is -2.21. The normalized spacial score (nSPS) is 12.7. The predicted octanol–water partition coefficient (Wildman–Crippen LogP) is 1.60. The summed E-state index contributed by atoms with van der Waals surface area (Å²) >= 11 is 0. The predicted molar refractivity (Wildman–Crippen MR) is 50.6 cm³/mol. The summed E-state index contributed by atoms with van der Waals surface area (Å²) in [6.45, 7) is 8.74. The molecule has 0 saturated heterocycles. The molecule has 0 heterocycles. The van der Waals surface area contributed by atoms with Crippen molar-refractivity contribution in [2.24, 2.45) is 5.41 Å². The van der Waals surface area contributed by atoms with E-state index in [0.29, 0.717) is 6.29 Å². The van der Waals surface area contributed by atoms with Gasteiger partial charge in [0.15, 0.2) is 12.1 Å². The molecular formula is C10H18O3. The number of carbonyl (C=O) groups excluding carboxylic acids is 2. The summed E-state index contributed by atoms with van der Waals surface area (Å²) in [5.41, 5.74) is -1.26. The SMILES string of the molecule is CC(C)(C=O)OCC(=O)C(C)(C)C. The molecule has 3 nitrogen and oxygen atoms in total. The Kier molecular flexibility index (Phi) is 3.79. The number of hydrogen-bond donors (Lipinski definition) is 0. The van der Waals surface area contributed by atoms with E-state index in [4.69, 9.17) is 4.74 Å². The maximum Gasteiger partial charge on any atom is 0.163 e. The third-order valence-corrected chi connectivity index (χ3v) is 1.70. The third kappa shape index (κ3) is 4.78. The van der Waals surface area contributed by atoms with E-state index in [1.807, 2.05) is 20.8 Å². The first-order chi connectivity index (χ1) is 5.69. The first kappa shape index (κ1) is 12.3. The van der Waals surface area contributed by atoms with Gasteiger partial charge in [0.1, 0.15) is 12.2 Å². The number of Topliss-reactive ketones (excluding diaryl/α,β-unsaturated/α-hetero) is 1. The van der Waals surface area contributed by atoms with Crippen molar-refractivity contribution in [3.63, 3.8) is 0 Å². The van der Waals surface area contributed by atoms with E-state index in [-0.39, 0.29) is 12.4 Å². The van der Waals surface area contributed by atoms with Crippen LogP contribution in [-0.2, 0) is 14.3 Å². The molecule has 76 valence electrons. The third-order valence-electron chi connectivity index (χ3n) is 1.70. The number of carbonyl (C=O) groups is 2. The van der Waals surface area contributed by atoms with E-state index >= 15 is 0 Å². The molecular weight excluding hydrogens is 168 g/mol. The van der Waals surface area contributed by atoms with Gasteiger partial charge in [-0.15, -0.1) is 0 Å². The van der Waals surface area contributed by atoms with Crippen LogP contribution in [0.25, 0.3) is 0 Å². The van der Waals surface area contributed by atoms with Gasteiger partial charge < -0.3 is 9.53 Å². The van der Waals surface area contributed by atoms with Crippen LogP contribution in [0.2, 0.25) is 0 Å². The van der Waals surface area contributed by atoms with Crippen molar-refractivity contribution in [1.29, 1.82) is 0 Å². The highest BCUT2D eigenvalue weighted by atomic mass is 16.5. The molecule has 0 aromatic rings. The van der Waals surface area contributed by atoms with Crippen molar-refractivity contribution in [3.05, 3.63) is 0 Å². The molecule has 0 aromatic heterocycles. The first-order valence-corrected chi connectivity index (χ1v) is 4.32. The Morgan fingerprint density at radius 1 is 1.23 bits per heavy atom. The Hall–Kier alpha value is -0.700. The number of ketones is 1. The fourth-order valence-electron chi connectivity index (χ4n) is 0.502. The summed E-state index contributed by atoms with van der Waals surface area (Å²) in [7, 11) is 0. The van der Waals surface area contributed by atoms with Crippen LogP contribution in [0.3, 0.4) is 0 Å². The van der Waals surface area contributed by atoms with Crippen LogP contribution in [0.1, 0.15) is 34.6 Å². The molecule has 0 aliphatic rings. The highest BCUT2D eigenvalue weighted by molar-refractivity contribution is 5.85. The van der Waals surface area contributed by atoms with Crippen molar-refractivity contribution in [3.8, 4) is 0 Å². The highest BCUT2D eigenvalue weighted by Crippen LogP contribution is 2.16. The van der Waals surface area contributed by atoms with Gasteiger partial charge in [0, 0.05) is 5.41 Å². The van der Waals surface area contributed by atoms with E-state index in [0.717, 1.165) is 0 Å². The molecule has 0 aliphatic heterocycles.